The van der Waals surface area contributed by atoms with Crippen molar-refractivity contribution in [2.24, 2.45) is 0 Å². The highest BCUT2D eigenvalue weighted by molar-refractivity contribution is 5.93. The van der Waals surface area contributed by atoms with Crippen LogP contribution in [-0.4, -0.2) is 0 Å². The molecule has 0 saturated carbocycles. The van der Waals surface area contributed by atoms with Crippen molar-refractivity contribution in [1.82, 2.24) is 0 Å². The summed E-state index contributed by atoms with van der Waals surface area (Å²) in [6.45, 7) is 0. The molecule has 9 aromatic carbocycles. The number of rotatable bonds is 7. The van der Waals surface area contributed by atoms with Crippen molar-refractivity contribution in [2.45, 2.75) is 0 Å². The minimum absolute atomic E-state index is 0.849. The van der Waals surface area contributed by atoms with Gasteiger partial charge in [0.25, 0.3) is 0 Å². The topological polar surface area (TPSA) is 12.5 Å². The summed E-state index contributed by atoms with van der Waals surface area (Å²) in [7, 11) is 0. The molecular weight excluding hydrogens is 679 g/mol. The van der Waals surface area contributed by atoms with Crippen LogP contribution in [0.25, 0.3) is 66.8 Å². The zero-order valence-electron chi connectivity index (χ0n) is 30.7. The molecule has 2 nitrogen and oxygen atoms in total. The Bertz CT molecular complexity index is 2690. The number of benzene rings is 9. The van der Waals surface area contributed by atoms with Crippen molar-refractivity contribution in [1.29, 1.82) is 0 Å². The summed E-state index contributed by atoms with van der Waals surface area (Å²) < 4.78 is 6.86. The molecular formula is C54H37NO. The maximum atomic E-state index is 6.86. The van der Waals surface area contributed by atoms with Crippen LogP contribution in [0.2, 0.25) is 0 Å². The summed E-state index contributed by atoms with van der Waals surface area (Å²) in [6.07, 6.45) is 0. The number of hydrogen-bond donors (Lipinski definition) is 0. The molecule has 0 atom stereocenters. The second kappa shape index (κ2) is 14.4. The van der Waals surface area contributed by atoms with E-state index in [1.165, 1.54) is 38.9 Å². The van der Waals surface area contributed by atoms with E-state index in [1.54, 1.807) is 0 Å². The fourth-order valence-electron chi connectivity index (χ4n) is 7.84. The minimum atomic E-state index is 0.849. The Balaban J connectivity index is 1.01. The maximum Gasteiger partial charge on any atom is 0.135 e. The number of hydrogen-bond acceptors (Lipinski definition) is 2. The van der Waals surface area contributed by atoms with E-state index in [0.29, 0.717) is 0 Å². The summed E-state index contributed by atoms with van der Waals surface area (Å²) in [5.41, 5.74) is 17.1. The summed E-state index contributed by atoms with van der Waals surface area (Å²) in [5.74, 6) is 1.71. The van der Waals surface area contributed by atoms with Crippen LogP contribution < -0.4 is 9.64 Å². The number of fused-ring (bicyclic) bond motifs is 5. The summed E-state index contributed by atoms with van der Waals surface area (Å²) in [4.78, 5) is 2.33. The summed E-state index contributed by atoms with van der Waals surface area (Å²) in [6, 6.07) is 79.8. The second-order valence-electron chi connectivity index (χ2n) is 14.1. The molecule has 0 N–H and O–H groups in total. The molecule has 0 fully saturated rings. The van der Waals surface area contributed by atoms with E-state index in [-0.39, 0.29) is 0 Å². The predicted molar refractivity (Wildman–Crippen MR) is 234 cm³/mol. The highest BCUT2D eigenvalue weighted by atomic mass is 16.5. The molecule has 10 rings (SSSR count). The van der Waals surface area contributed by atoms with E-state index < -0.39 is 0 Å². The first-order valence-corrected chi connectivity index (χ1v) is 19.1. The van der Waals surface area contributed by atoms with Crippen LogP contribution >= 0.6 is 0 Å². The van der Waals surface area contributed by atoms with E-state index >= 15 is 0 Å². The molecule has 0 radical (unpaired) electrons. The molecule has 1 aliphatic rings. The standard InChI is InChI=1S/C54H37NO/c1-4-12-38(13-5-1)41-20-28-46(29-21-41)55(47-30-22-42(23-31-47)39-14-6-2-7-15-39)48-32-24-43(25-33-48)45-27-35-52-50-19-11-10-18-49(50)51-34-26-44(40-16-8-3-9-17-40)36-53(51)56-54(52)37-45/h1-37H. The first-order chi connectivity index (χ1) is 27.7. The molecule has 0 aliphatic carbocycles. The molecule has 0 spiro atoms. The molecule has 1 heterocycles. The Morgan fingerprint density at radius 2 is 0.518 bits per heavy atom. The first kappa shape index (κ1) is 33.2. The largest absolute Gasteiger partial charge is 0.456 e. The van der Waals surface area contributed by atoms with Crippen LogP contribution in [-0.2, 0) is 0 Å². The van der Waals surface area contributed by atoms with Crippen LogP contribution in [0.3, 0.4) is 0 Å². The van der Waals surface area contributed by atoms with E-state index in [9.17, 15) is 0 Å². The normalized spacial score (nSPS) is 11.4. The highest BCUT2D eigenvalue weighted by Crippen LogP contribution is 2.49. The summed E-state index contributed by atoms with van der Waals surface area (Å²) in [5, 5.41) is 0. The van der Waals surface area contributed by atoms with Gasteiger partial charge in [-0.1, -0.05) is 164 Å². The van der Waals surface area contributed by atoms with Gasteiger partial charge in [0.1, 0.15) is 11.5 Å². The van der Waals surface area contributed by atoms with Gasteiger partial charge in [0, 0.05) is 28.2 Å². The van der Waals surface area contributed by atoms with Gasteiger partial charge >= 0.3 is 0 Å². The third-order valence-electron chi connectivity index (χ3n) is 10.7. The second-order valence-corrected chi connectivity index (χ2v) is 14.1. The highest BCUT2D eigenvalue weighted by Gasteiger charge is 2.22. The molecule has 0 amide bonds. The third-order valence-corrected chi connectivity index (χ3v) is 10.7. The molecule has 0 saturated heterocycles. The zero-order chi connectivity index (χ0) is 37.3. The Morgan fingerprint density at radius 3 is 0.893 bits per heavy atom. The Hall–Kier alpha value is -7.42. The monoisotopic (exact) mass is 715 g/mol. The van der Waals surface area contributed by atoms with E-state index in [1.807, 2.05) is 6.07 Å². The lowest BCUT2D eigenvalue weighted by Gasteiger charge is -2.26. The smallest absolute Gasteiger partial charge is 0.135 e. The Labute approximate surface area is 328 Å². The average molecular weight is 716 g/mol. The molecule has 264 valence electrons. The summed E-state index contributed by atoms with van der Waals surface area (Å²) >= 11 is 0. The van der Waals surface area contributed by atoms with Gasteiger partial charge in [-0.2, -0.15) is 0 Å². The quantitative estimate of drug-likeness (QED) is 0.163. The Kier molecular flexibility index (Phi) is 8.55. The maximum absolute atomic E-state index is 6.86. The van der Waals surface area contributed by atoms with Gasteiger partial charge in [-0.3, -0.25) is 0 Å². The van der Waals surface area contributed by atoms with Crippen molar-refractivity contribution >= 4 is 17.1 Å². The van der Waals surface area contributed by atoms with Gasteiger partial charge in [-0.25, -0.2) is 0 Å². The van der Waals surface area contributed by atoms with Gasteiger partial charge in [-0.05, 0) is 116 Å². The van der Waals surface area contributed by atoms with Crippen LogP contribution in [0, 0.1) is 0 Å². The van der Waals surface area contributed by atoms with Gasteiger partial charge in [0.2, 0.25) is 0 Å². The van der Waals surface area contributed by atoms with Crippen molar-refractivity contribution in [3.63, 3.8) is 0 Å². The lowest BCUT2D eigenvalue weighted by Crippen LogP contribution is -2.09. The van der Waals surface area contributed by atoms with Crippen molar-refractivity contribution < 1.29 is 4.74 Å². The van der Waals surface area contributed by atoms with Crippen LogP contribution in [0.1, 0.15) is 0 Å². The van der Waals surface area contributed by atoms with Gasteiger partial charge in [0.05, 0.1) is 0 Å². The molecule has 56 heavy (non-hydrogen) atoms. The number of ether oxygens (including phenoxy) is 1. The molecule has 1 aliphatic heterocycles. The number of anilines is 3. The molecule has 0 bridgehead atoms. The molecule has 0 unspecified atom stereocenters. The SMILES string of the molecule is c1ccc(-c2ccc(N(c3ccc(-c4ccccc4)cc3)c3ccc(-c4ccc5c(c4)Oc4cc(-c6ccccc6)ccc4-c4ccccc4-5)cc3)cc2)cc1. The van der Waals surface area contributed by atoms with Crippen LogP contribution in [0.15, 0.2) is 224 Å². The molecule has 9 aromatic rings. The number of nitrogens with zero attached hydrogens (tertiary/aromatic N) is 1. The first-order valence-electron chi connectivity index (χ1n) is 19.1. The minimum Gasteiger partial charge on any atom is -0.456 e. The van der Waals surface area contributed by atoms with Gasteiger partial charge < -0.3 is 9.64 Å². The van der Waals surface area contributed by atoms with E-state index in [0.717, 1.165) is 56.4 Å². The van der Waals surface area contributed by atoms with Gasteiger partial charge in [0.15, 0.2) is 0 Å². The molecule has 0 aromatic heterocycles. The van der Waals surface area contributed by atoms with Crippen molar-refractivity contribution in [3.8, 4) is 78.3 Å². The van der Waals surface area contributed by atoms with Crippen LogP contribution in [0.5, 0.6) is 11.5 Å². The van der Waals surface area contributed by atoms with Gasteiger partial charge in [-0.15, -0.1) is 0 Å². The molecule has 2 heteroatoms. The third kappa shape index (κ3) is 6.34. The lowest BCUT2D eigenvalue weighted by molar-refractivity contribution is 0.488. The predicted octanol–water partition coefficient (Wildman–Crippen LogP) is 15.3. The zero-order valence-corrected chi connectivity index (χ0v) is 30.7. The Morgan fingerprint density at radius 1 is 0.232 bits per heavy atom. The lowest BCUT2D eigenvalue weighted by atomic mass is 9.92. The van der Waals surface area contributed by atoms with Crippen LogP contribution in [0.4, 0.5) is 17.1 Å². The van der Waals surface area contributed by atoms with Crippen molar-refractivity contribution in [3.05, 3.63) is 224 Å². The van der Waals surface area contributed by atoms with E-state index in [2.05, 4.69) is 223 Å². The van der Waals surface area contributed by atoms with E-state index in [4.69, 9.17) is 4.74 Å². The fraction of sp³-hybridized carbons (Fsp3) is 0. The fourth-order valence-corrected chi connectivity index (χ4v) is 7.84. The average Bonchev–Trinajstić information content (AvgIpc) is 3.42. The van der Waals surface area contributed by atoms with Crippen molar-refractivity contribution in [2.75, 3.05) is 4.90 Å².